The Hall–Kier alpha value is -1.83. The molecular weight excluding hydrogens is 1430 g/mol. The molecule has 3 radical (unpaired) electrons. The van der Waals surface area contributed by atoms with Gasteiger partial charge in [0, 0.05) is 105 Å². The van der Waals surface area contributed by atoms with Crippen molar-refractivity contribution in [3.05, 3.63) is 152 Å². The molecule has 87 heavy (non-hydrogen) atoms. The van der Waals surface area contributed by atoms with Crippen LogP contribution in [0.1, 0.15) is 104 Å². The van der Waals surface area contributed by atoms with Gasteiger partial charge in [-0.3, -0.25) is 24.2 Å². The third-order valence-corrected chi connectivity index (χ3v) is 16.5. The first-order valence-electron chi connectivity index (χ1n) is 24.4. The smallest absolute Gasteiger partial charge is 1.00 e. The molecule has 0 saturated heterocycles. The second-order valence-corrected chi connectivity index (χ2v) is 25.7. The summed E-state index contributed by atoms with van der Waals surface area (Å²) in [5, 5.41) is 24.7. The number of thioether (sulfide) groups is 2. The number of aldehydes is 1. The van der Waals surface area contributed by atoms with Crippen molar-refractivity contribution in [3.63, 3.8) is 0 Å². The Labute approximate surface area is 601 Å². The van der Waals surface area contributed by atoms with Crippen LogP contribution < -0.4 is 46.2 Å². The van der Waals surface area contributed by atoms with Gasteiger partial charge in [-0.15, -0.1) is 104 Å². The molecule has 0 aliphatic heterocycles. The zero-order valence-corrected chi connectivity index (χ0v) is 64.5. The quantitative estimate of drug-likeness (QED) is 0.0114. The number of nitrogens with zero attached hydrogens (tertiary/aromatic N) is 8. The summed E-state index contributed by atoms with van der Waals surface area (Å²) in [6.07, 6.45) is 0.826. The average Bonchev–Trinajstić information content (AvgIpc) is 4.46. The van der Waals surface area contributed by atoms with E-state index in [2.05, 4.69) is 114 Å². The van der Waals surface area contributed by atoms with Crippen LogP contribution >= 0.6 is 161 Å². The third kappa shape index (κ3) is 50.4. The van der Waals surface area contributed by atoms with Gasteiger partial charge in [-0.25, -0.2) is 39.1 Å². The van der Waals surface area contributed by atoms with E-state index in [1.165, 1.54) is 98.7 Å². The van der Waals surface area contributed by atoms with Gasteiger partial charge in [-0.2, -0.15) is 0 Å². The van der Waals surface area contributed by atoms with Crippen molar-refractivity contribution in [2.75, 3.05) is 38.7 Å². The van der Waals surface area contributed by atoms with Gasteiger partial charge in [-0.1, -0.05) is 44.3 Å². The number of aliphatic hydroxyl groups is 3. The summed E-state index contributed by atoms with van der Waals surface area (Å²) in [7, 11) is 8.36. The average molecular weight is 1510 g/mol. The van der Waals surface area contributed by atoms with Crippen LogP contribution in [0.2, 0.25) is 0 Å². The summed E-state index contributed by atoms with van der Waals surface area (Å²) in [6, 6.07) is 4.43. The number of nitrogens with one attached hydrogen (secondary N) is 4. The number of aliphatic hydroxyl groups excluding tert-OH is 3. The topological polar surface area (TPSA) is 303 Å². The Morgan fingerprint density at radius 2 is 0.931 bits per heavy atom. The molecule has 0 saturated carbocycles. The molecule has 0 atom stereocenters. The first-order chi connectivity index (χ1) is 39.9. The van der Waals surface area contributed by atoms with Crippen molar-refractivity contribution in [2.45, 2.75) is 117 Å². The second kappa shape index (κ2) is 61.7. The van der Waals surface area contributed by atoms with Crippen LogP contribution in [-0.4, -0.2) is 133 Å². The van der Waals surface area contributed by atoms with Crippen molar-refractivity contribution in [2.24, 2.45) is 0 Å². The van der Waals surface area contributed by atoms with Gasteiger partial charge in [0.2, 0.25) is 9.23 Å². The van der Waals surface area contributed by atoms with E-state index in [0.29, 0.717) is 21.0 Å². The molecular formula is C50H75BCl6N12NaO8S9. The molecule has 8 aromatic rings. The summed E-state index contributed by atoms with van der Waals surface area (Å²) in [6.45, 7) is 27.2. The van der Waals surface area contributed by atoms with E-state index in [1.807, 2.05) is 65.0 Å². The number of thiazole rings is 5. The van der Waals surface area contributed by atoms with Crippen molar-refractivity contribution >= 4 is 185 Å². The Morgan fingerprint density at radius 1 is 0.609 bits per heavy atom. The van der Waals surface area contributed by atoms with Gasteiger partial charge >= 0.3 is 29.6 Å². The van der Waals surface area contributed by atoms with Crippen LogP contribution in [0.3, 0.4) is 0 Å². The maximum atomic E-state index is 11.2. The molecule has 0 unspecified atom stereocenters. The summed E-state index contributed by atoms with van der Waals surface area (Å²) in [4.78, 5) is 90.1. The number of halogens is 6. The van der Waals surface area contributed by atoms with Crippen LogP contribution in [0.15, 0.2) is 70.4 Å². The second-order valence-electron chi connectivity index (χ2n) is 15.1. The molecule has 483 valence electrons. The summed E-state index contributed by atoms with van der Waals surface area (Å²) in [5.74, 6) is 2.18. The Morgan fingerprint density at radius 3 is 1.14 bits per heavy atom. The molecule has 8 rings (SSSR count). The number of carbonyl (C=O) groups excluding carboxylic acids is 1. The van der Waals surface area contributed by atoms with E-state index in [1.54, 1.807) is 58.9 Å². The standard InChI is InChI=1S/2C10H11N3OS2.C6H15N.C5H6ClNS.C5H6N2OS.C5H7NOS.C5H5NOS.C2H6O.CH2Cl2.CH4O.B.Cl2OS.ClH.Na.H/c2*1-6-3-9(14)13-10(12-6)15-4-8-7(2)11-5-16-8;1-4-7(5-2)6-3;1-4-5(2-6)8-3-7-4;1-3-2-4(8)7-5(9)6-3;2*1-4-5(2-7)8-3-6-4;1-2-3;2-1-3;1-2;;1-4(2)3;;;/h2*3,5H,4H2,1-2H3,(H,12,13,14);4-6H2,1-3H3;3H,2H2,1H3;2H,1H3,(H2,6,7,8,9);3,7H,2H2,1H3;2-3H,1H3;3H,2H2,1H3;1H2;2H,1H3;;;1H;;/q;;;;;;;;;;;;;+1;-1. The Balaban J connectivity index is -0.000000171. The van der Waals surface area contributed by atoms with Crippen LogP contribution in [-0.2, 0) is 33.2 Å². The summed E-state index contributed by atoms with van der Waals surface area (Å²) in [5.41, 5.74) is 15.7. The largest absolute Gasteiger partial charge is 1.00 e. The van der Waals surface area contributed by atoms with Gasteiger partial charge in [0.05, 0.1) is 83.6 Å². The number of hydrogen-bond acceptors (Lipinski definition) is 24. The van der Waals surface area contributed by atoms with Gasteiger partial charge in [-0.05, 0) is 94.2 Å². The van der Waals surface area contributed by atoms with Crippen LogP contribution in [0.4, 0.5) is 0 Å². The number of aromatic amines is 4. The third-order valence-electron chi connectivity index (χ3n) is 9.15. The molecule has 0 fully saturated rings. The van der Waals surface area contributed by atoms with E-state index in [-0.39, 0.29) is 87.0 Å². The number of carbonyl (C=O) groups is 1. The zero-order chi connectivity index (χ0) is 64.6. The fourth-order valence-electron chi connectivity index (χ4n) is 5.06. The molecule has 0 aliphatic carbocycles. The minimum absolute atomic E-state index is 0. The predicted octanol–water partition coefficient (Wildman–Crippen LogP) is 9.99. The Bertz CT molecular complexity index is 3050. The SMILES string of the molecule is CCN(CC)CC.CCO.CO.Cc1cc(=O)[nH]c(=S)[nH]1.Cc1cc(=O)[nH]c(SCc2scnc2C)n1.Cc1cc(=O)[nH]c(SCc2scnc2C)n1.Cc1ncsc1C=O.Cc1ncsc1CCl.Cc1ncsc1CO.Cl.ClCCl.O=S(Cl)Cl.[B].[H-].[Na+]. The minimum Gasteiger partial charge on any atom is -1.00 e. The van der Waals surface area contributed by atoms with Gasteiger partial charge in [0.1, 0.15) is 0 Å². The van der Waals surface area contributed by atoms with Crippen molar-refractivity contribution in [1.82, 2.24) is 59.7 Å². The number of hydrogen-bond donors (Lipinski definition) is 7. The zero-order valence-electron chi connectivity index (χ0n) is 51.6. The molecule has 0 aliphatic rings. The number of rotatable bonds is 12. The fraction of sp³-hybridized carbons (Fsp3) is 0.440. The molecule has 0 spiro atoms. The van der Waals surface area contributed by atoms with Crippen LogP contribution in [0, 0.1) is 60.2 Å². The number of aryl methyl sites for hydroxylation is 8. The van der Waals surface area contributed by atoms with E-state index >= 15 is 0 Å². The molecule has 8 aromatic heterocycles. The Kier molecular flexibility index (Phi) is 68.2. The maximum absolute atomic E-state index is 11.2. The molecule has 20 nitrogen and oxygen atoms in total. The molecule has 7 N–H and O–H groups in total. The molecule has 0 amide bonds. The van der Waals surface area contributed by atoms with Crippen molar-refractivity contribution in [3.8, 4) is 0 Å². The number of alkyl halides is 3. The fourth-order valence-corrected chi connectivity index (χ4v) is 11.3. The maximum Gasteiger partial charge on any atom is 1.00 e. The first kappa shape index (κ1) is 96.3. The summed E-state index contributed by atoms with van der Waals surface area (Å²) >= 11 is 30.5. The van der Waals surface area contributed by atoms with E-state index < -0.39 is 9.23 Å². The van der Waals surface area contributed by atoms with Crippen molar-refractivity contribution in [1.29, 1.82) is 0 Å². The van der Waals surface area contributed by atoms with Crippen LogP contribution in [0.25, 0.3) is 0 Å². The molecule has 37 heteroatoms. The number of aromatic nitrogens is 11. The van der Waals surface area contributed by atoms with E-state index in [0.717, 1.165) is 80.2 Å². The predicted molar refractivity (Wildman–Crippen MR) is 375 cm³/mol. The van der Waals surface area contributed by atoms with Gasteiger partial charge in [0.25, 0.3) is 16.7 Å². The van der Waals surface area contributed by atoms with Crippen molar-refractivity contribution < 1.29 is 55.3 Å². The number of H-pyrrole nitrogens is 4. The first-order valence-corrected chi connectivity index (χ1v) is 35.5. The molecule has 0 bridgehead atoms. The van der Waals surface area contributed by atoms with E-state index in [9.17, 15) is 19.2 Å². The van der Waals surface area contributed by atoms with E-state index in [4.69, 9.17) is 54.3 Å². The van der Waals surface area contributed by atoms with Crippen LogP contribution in [0.5, 0.6) is 0 Å². The summed E-state index contributed by atoms with van der Waals surface area (Å²) < 4.78 is 9.46. The molecule has 8 heterocycles. The normalized spacial score (nSPS) is 9.23. The molecule has 0 aromatic carbocycles. The monoisotopic (exact) mass is 1500 g/mol. The minimum atomic E-state index is -1.67. The van der Waals surface area contributed by atoms with Gasteiger partial charge in [0.15, 0.2) is 21.4 Å². The van der Waals surface area contributed by atoms with Gasteiger partial charge < -0.3 is 36.6 Å².